The minimum Gasteiger partial charge on any atom is -0.207 e. The van der Waals surface area contributed by atoms with Gasteiger partial charge < -0.3 is 0 Å². The Hall–Kier alpha value is -1.48. The fourth-order valence-corrected chi connectivity index (χ4v) is 2.35. The van der Waals surface area contributed by atoms with Crippen LogP contribution < -0.4 is 0 Å². The standard InChI is InChI=1S/C15H12ClF3/c1-9-2-4-11(17)8-12(9)13(16)6-10-3-5-14(18)15(19)7-10/h2-5,7-8,13H,6H2,1H3. The molecule has 0 bridgehead atoms. The Kier molecular flexibility index (Phi) is 4.15. The van der Waals surface area contributed by atoms with E-state index in [1.165, 1.54) is 18.2 Å². The fourth-order valence-electron chi connectivity index (χ4n) is 1.93. The Morgan fingerprint density at radius 2 is 1.74 bits per heavy atom. The fraction of sp³-hybridized carbons (Fsp3) is 0.200. The van der Waals surface area contributed by atoms with E-state index in [1.54, 1.807) is 6.07 Å². The van der Waals surface area contributed by atoms with E-state index in [0.29, 0.717) is 17.5 Å². The summed E-state index contributed by atoms with van der Waals surface area (Å²) in [4.78, 5) is 0. The van der Waals surface area contributed by atoms with Gasteiger partial charge in [0.2, 0.25) is 0 Å². The predicted molar refractivity (Wildman–Crippen MR) is 69.8 cm³/mol. The lowest BCUT2D eigenvalue weighted by molar-refractivity contribution is 0.507. The molecule has 0 nitrogen and oxygen atoms in total. The Bertz CT molecular complexity index is 596. The Morgan fingerprint density at radius 3 is 2.42 bits per heavy atom. The third-order valence-corrected chi connectivity index (χ3v) is 3.37. The van der Waals surface area contributed by atoms with Gasteiger partial charge in [-0.15, -0.1) is 11.6 Å². The largest absolute Gasteiger partial charge is 0.207 e. The van der Waals surface area contributed by atoms with Crippen LogP contribution in [0.4, 0.5) is 13.2 Å². The lowest BCUT2D eigenvalue weighted by Gasteiger charge is -2.13. The maximum atomic E-state index is 13.2. The van der Waals surface area contributed by atoms with E-state index in [1.807, 2.05) is 6.92 Å². The highest BCUT2D eigenvalue weighted by molar-refractivity contribution is 6.21. The van der Waals surface area contributed by atoms with E-state index in [9.17, 15) is 13.2 Å². The molecule has 0 heterocycles. The molecule has 0 fully saturated rings. The van der Waals surface area contributed by atoms with Gasteiger partial charge in [-0.25, -0.2) is 13.2 Å². The van der Waals surface area contributed by atoms with E-state index in [0.717, 1.165) is 17.7 Å². The van der Waals surface area contributed by atoms with Gasteiger partial charge in [-0.2, -0.15) is 0 Å². The first-order chi connectivity index (χ1) is 8.97. The second-order valence-electron chi connectivity index (χ2n) is 4.42. The molecule has 0 aliphatic rings. The second-order valence-corrected chi connectivity index (χ2v) is 4.95. The van der Waals surface area contributed by atoms with Gasteiger partial charge in [0, 0.05) is 0 Å². The lowest BCUT2D eigenvalue weighted by Crippen LogP contribution is -2.00. The van der Waals surface area contributed by atoms with Crippen molar-refractivity contribution in [1.82, 2.24) is 0 Å². The van der Waals surface area contributed by atoms with Crippen molar-refractivity contribution in [3.8, 4) is 0 Å². The molecule has 0 spiro atoms. The molecule has 2 aromatic carbocycles. The zero-order valence-electron chi connectivity index (χ0n) is 10.3. The molecule has 0 saturated carbocycles. The Labute approximate surface area is 114 Å². The number of benzene rings is 2. The summed E-state index contributed by atoms with van der Waals surface area (Å²) in [7, 11) is 0. The van der Waals surface area contributed by atoms with Crippen molar-refractivity contribution < 1.29 is 13.2 Å². The number of halogens is 4. The molecule has 100 valence electrons. The highest BCUT2D eigenvalue weighted by Gasteiger charge is 2.13. The highest BCUT2D eigenvalue weighted by atomic mass is 35.5. The van der Waals surface area contributed by atoms with Crippen molar-refractivity contribution in [2.45, 2.75) is 18.7 Å². The molecular weight excluding hydrogens is 273 g/mol. The molecule has 2 aromatic rings. The summed E-state index contributed by atoms with van der Waals surface area (Å²) in [5.41, 5.74) is 2.10. The second kappa shape index (κ2) is 5.66. The molecule has 4 heteroatoms. The van der Waals surface area contributed by atoms with E-state index in [4.69, 9.17) is 11.6 Å². The molecule has 0 radical (unpaired) electrons. The molecule has 19 heavy (non-hydrogen) atoms. The van der Waals surface area contributed by atoms with Crippen molar-refractivity contribution in [3.63, 3.8) is 0 Å². The maximum absolute atomic E-state index is 13.2. The maximum Gasteiger partial charge on any atom is 0.159 e. The number of aryl methyl sites for hydroxylation is 1. The topological polar surface area (TPSA) is 0 Å². The summed E-state index contributed by atoms with van der Waals surface area (Å²) < 4.78 is 39.1. The van der Waals surface area contributed by atoms with Crippen LogP contribution in [0.5, 0.6) is 0 Å². The Balaban J connectivity index is 2.22. The van der Waals surface area contributed by atoms with Gasteiger partial charge in [-0.05, 0) is 54.3 Å². The predicted octanol–water partition coefficient (Wildman–Crippen LogP) is 4.93. The van der Waals surface area contributed by atoms with Crippen molar-refractivity contribution in [2.75, 3.05) is 0 Å². The summed E-state index contributed by atoms with van der Waals surface area (Å²) >= 11 is 6.23. The van der Waals surface area contributed by atoms with E-state index in [2.05, 4.69) is 0 Å². The van der Waals surface area contributed by atoms with Gasteiger partial charge in [0.15, 0.2) is 11.6 Å². The quantitative estimate of drug-likeness (QED) is 0.701. The molecule has 0 saturated heterocycles. The van der Waals surface area contributed by atoms with Crippen molar-refractivity contribution >= 4 is 11.6 Å². The van der Waals surface area contributed by atoms with Crippen LogP contribution in [0.1, 0.15) is 22.1 Å². The van der Waals surface area contributed by atoms with E-state index >= 15 is 0 Å². The van der Waals surface area contributed by atoms with Crippen molar-refractivity contribution in [1.29, 1.82) is 0 Å². The number of hydrogen-bond acceptors (Lipinski definition) is 0. The first kappa shape index (κ1) is 13.9. The van der Waals surface area contributed by atoms with E-state index < -0.39 is 17.0 Å². The molecule has 0 N–H and O–H groups in total. The Morgan fingerprint density at radius 1 is 1.00 bits per heavy atom. The first-order valence-corrected chi connectivity index (χ1v) is 6.25. The van der Waals surface area contributed by atoms with Crippen molar-refractivity contribution in [3.05, 3.63) is 70.5 Å². The van der Waals surface area contributed by atoms with Crippen LogP contribution in [-0.2, 0) is 6.42 Å². The lowest BCUT2D eigenvalue weighted by atomic mass is 10.00. The normalized spacial score (nSPS) is 12.5. The molecule has 0 aliphatic carbocycles. The summed E-state index contributed by atoms with van der Waals surface area (Å²) in [6.45, 7) is 1.83. The highest BCUT2D eigenvalue weighted by Crippen LogP contribution is 2.28. The van der Waals surface area contributed by atoms with Gasteiger partial charge in [0.25, 0.3) is 0 Å². The molecule has 1 unspecified atom stereocenters. The van der Waals surface area contributed by atoms with Gasteiger partial charge in [0.1, 0.15) is 5.82 Å². The molecule has 0 aliphatic heterocycles. The van der Waals surface area contributed by atoms with Crippen LogP contribution in [-0.4, -0.2) is 0 Å². The first-order valence-electron chi connectivity index (χ1n) is 5.81. The molecular formula is C15H12ClF3. The molecule has 2 rings (SSSR count). The van der Waals surface area contributed by atoms with Gasteiger partial charge in [-0.3, -0.25) is 0 Å². The monoisotopic (exact) mass is 284 g/mol. The summed E-state index contributed by atoms with van der Waals surface area (Å²) in [5, 5.41) is -0.486. The summed E-state index contributed by atoms with van der Waals surface area (Å²) in [5.74, 6) is -2.16. The van der Waals surface area contributed by atoms with Crippen LogP contribution in [0.3, 0.4) is 0 Å². The minimum atomic E-state index is -0.905. The zero-order valence-corrected chi connectivity index (χ0v) is 11.0. The number of alkyl halides is 1. The van der Waals surface area contributed by atoms with Crippen LogP contribution in [0.25, 0.3) is 0 Å². The summed E-state index contributed by atoms with van der Waals surface area (Å²) in [6.07, 6.45) is 0.309. The van der Waals surface area contributed by atoms with Gasteiger partial charge in [0.05, 0.1) is 5.38 Å². The number of rotatable bonds is 3. The van der Waals surface area contributed by atoms with Crippen LogP contribution >= 0.6 is 11.6 Å². The van der Waals surface area contributed by atoms with Gasteiger partial charge in [-0.1, -0.05) is 12.1 Å². The minimum absolute atomic E-state index is 0.309. The summed E-state index contributed by atoms with van der Waals surface area (Å²) in [6, 6.07) is 8.02. The molecule has 0 amide bonds. The third-order valence-electron chi connectivity index (χ3n) is 2.98. The smallest absolute Gasteiger partial charge is 0.159 e. The average molecular weight is 285 g/mol. The average Bonchev–Trinajstić information content (AvgIpc) is 2.36. The van der Waals surface area contributed by atoms with Crippen molar-refractivity contribution in [2.24, 2.45) is 0 Å². The molecule has 1 atom stereocenters. The van der Waals surface area contributed by atoms with E-state index in [-0.39, 0.29) is 5.82 Å². The zero-order chi connectivity index (χ0) is 14.0. The molecule has 0 aromatic heterocycles. The SMILES string of the molecule is Cc1ccc(F)cc1C(Cl)Cc1ccc(F)c(F)c1. The third kappa shape index (κ3) is 3.29. The van der Waals surface area contributed by atoms with Crippen LogP contribution in [0.15, 0.2) is 36.4 Å². The van der Waals surface area contributed by atoms with Crippen LogP contribution in [0, 0.1) is 24.4 Å². The van der Waals surface area contributed by atoms with Crippen LogP contribution in [0.2, 0.25) is 0 Å². The number of hydrogen-bond donors (Lipinski definition) is 0. The van der Waals surface area contributed by atoms with Gasteiger partial charge >= 0.3 is 0 Å².